The Kier molecular flexibility index (Phi) is 6.53. The highest BCUT2D eigenvalue weighted by atomic mass is 16.3. The van der Waals surface area contributed by atoms with Crippen molar-refractivity contribution < 1.29 is 9.90 Å². The number of hydrogen-bond acceptors (Lipinski definition) is 4. The maximum Gasteiger partial charge on any atom is 0.222 e. The quantitative estimate of drug-likeness (QED) is 0.801. The first-order valence-corrected chi connectivity index (χ1v) is 10.1. The lowest BCUT2D eigenvalue weighted by molar-refractivity contribution is -0.131. The summed E-state index contributed by atoms with van der Waals surface area (Å²) < 4.78 is 0. The van der Waals surface area contributed by atoms with Crippen molar-refractivity contribution in [3.05, 3.63) is 0 Å². The van der Waals surface area contributed by atoms with E-state index in [4.69, 9.17) is 0 Å². The van der Waals surface area contributed by atoms with E-state index < -0.39 is 5.60 Å². The van der Waals surface area contributed by atoms with E-state index in [0.717, 1.165) is 45.6 Å². The Morgan fingerprint density at radius 3 is 2.21 bits per heavy atom. The average molecular weight is 338 g/mol. The molecule has 0 radical (unpaired) electrons. The summed E-state index contributed by atoms with van der Waals surface area (Å²) in [5.74, 6) is 0.238. The molecule has 138 valence electrons. The fraction of sp³-hybridized carbons (Fsp3) is 0.947. The second-order valence-corrected chi connectivity index (χ2v) is 8.13. The van der Waals surface area contributed by atoms with Gasteiger partial charge in [0.05, 0.1) is 12.1 Å². The molecule has 0 aromatic rings. The minimum absolute atomic E-state index is 0.238. The molecule has 3 aliphatic heterocycles. The number of carbonyl (C=O) groups is 1. The molecular formula is C19H35N3O2. The zero-order valence-electron chi connectivity index (χ0n) is 15.2. The van der Waals surface area contributed by atoms with Crippen LogP contribution in [-0.2, 0) is 4.79 Å². The van der Waals surface area contributed by atoms with Gasteiger partial charge in [-0.25, -0.2) is 0 Å². The topological polar surface area (TPSA) is 47.0 Å². The summed E-state index contributed by atoms with van der Waals surface area (Å²) >= 11 is 0. The SMILES string of the molecule is O=C(CCCN1CCCCCC1)N1CC[C@@](O)(CN2CCCC2)C1. The van der Waals surface area contributed by atoms with Crippen LogP contribution in [0.3, 0.4) is 0 Å². The van der Waals surface area contributed by atoms with Crippen molar-refractivity contribution in [3.8, 4) is 0 Å². The Bertz CT molecular complexity index is 403. The molecule has 3 rings (SSSR count). The summed E-state index contributed by atoms with van der Waals surface area (Å²) in [6.45, 7) is 7.67. The predicted molar refractivity (Wildman–Crippen MR) is 96.0 cm³/mol. The summed E-state index contributed by atoms with van der Waals surface area (Å²) in [4.78, 5) is 19.2. The first-order valence-electron chi connectivity index (χ1n) is 10.1. The van der Waals surface area contributed by atoms with Gasteiger partial charge in [0.25, 0.3) is 0 Å². The molecule has 3 saturated heterocycles. The smallest absolute Gasteiger partial charge is 0.222 e. The maximum absolute atomic E-state index is 12.5. The van der Waals surface area contributed by atoms with Crippen molar-refractivity contribution in [2.45, 2.75) is 63.4 Å². The second kappa shape index (κ2) is 8.63. The normalized spacial score (nSPS) is 30.0. The third-order valence-corrected chi connectivity index (χ3v) is 5.97. The van der Waals surface area contributed by atoms with E-state index in [1.807, 2.05) is 4.90 Å². The van der Waals surface area contributed by atoms with Crippen LogP contribution in [0.1, 0.15) is 57.8 Å². The van der Waals surface area contributed by atoms with Crippen LogP contribution in [0.25, 0.3) is 0 Å². The molecule has 5 nitrogen and oxygen atoms in total. The largest absolute Gasteiger partial charge is 0.387 e. The zero-order chi connectivity index (χ0) is 16.8. The minimum atomic E-state index is -0.676. The van der Waals surface area contributed by atoms with Crippen LogP contribution in [0.15, 0.2) is 0 Å². The molecule has 24 heavy (non-hydrogen) atoms. The van der Waals surface area contributed by atoms with Gasteiger partial charge in [-0.1, -0.05) is 12.8 Å². The summed E-state index contributed by atoms with van der Waals surface area (Å²) in [5, 5.41) is 10.8. The van der Waals surface area contributed by atoms with Gasteiger partial charge in [-0.3, -0.25) is 4.79 Å². The maximum atomic E-state index is 12.5. The molecule has 0 aromatic heterocycles. The van der Waals surface area contributed by atoms with Crippen LogP contribution in [0, 0.1) is 0 Å². The van der Waals surface area contributed by atoms with Gasteiger partial charge in [-0.05, 0) is 71.2 Å². The lowest BCUT2D eigenvalue weighted by Crippen LogP contribution is -2.45. The third kappa shape index (κ3) is 5.17. The number of amides is 1. The molecule has 5 heteroatoms. The average Bonchev–Trinajstić information content (AvgIpc) is 3.12. The van der Waals surface area contributed by atoms with E-state index in [1.54, 1.807) is 0 Å². The van der Waals surface area contributed by atoms with Gasteiger partial charge in [0, 0.05) is 19.5 Å². The van der Waals surface area contributed by atoms with Gasteiger partial charge < -0.3 is 19.8 Å². The van der Waals surface area contributed by atoms with E-state index in [2.05, 4.69) is 9.80 Å². The minimum Gasteiger partial charge on any atom is -0.387 e. The Labute approximate surface area is 147 Å². The van der Waals surface area contributed by atoms with E-state index in [-0.39, 0.29) is 5.91 Å². The lowest BCUT2D eigenvalue weighted by atomic mass is 10.0. The van der Waals surface area contributed by atoms with Crippen molar-refractivity contribution in [1.29, 1.82) is 0 Å². The van der Waals surface area contributed by atoms with Crippen molar-refractivity contribution in [2.75, 3.05) is 52.4 Å². The number of carbonyl (C=O) groups excluding carboxylic acids is 1. The number of rotatable bonds is 6. The second-order valence-electron chi connectivity index (χ2n) is 8.13. The van der Waals surface area contributed by atoms with Gasteiger partial charge >= 0.3 is 0 Å². The summed E-state index contributed by atoms with van der Waals surface area (Å²) in [6, 6.07) is 0. The molecule has 3 aliphatic rings. The molecule has 1 N–H and O–H groups in total. The fourth-order valence-corrected chi connectivity index (χ4v) is 4.53. The van der Waals surface area contributed by atoms with Crippen molar-refractivity contribution in [2.24, 2.45) is 0 Å². The van der Waals surface area contributed by atoms with Gasteiger partial charge in [0.15, 0.2) is 0 Å². The Morgan fingerprint density at radius 2 is 1.50 bits per heavy atom. The third-order valence-electron chi connectivity index (χ3n) is 5.97. The summed E-state index contributed by atoms with van der Waals surface area (Å²) in [7, 11) is 0. The van der Waals surface area contributed by atoms with Crippen molar-refractivity contribution in [3.63, 3.8) is 0 Å². The van der Waals surface area contributed by atoms with Crippen LogP contribution in [0.5, 0.6) is 0 Å². The highest BCUT2D eigenvalue weighted by Crippen LogP contribution is 2.25. The number of hydrogen-bond donors (Lipinski definition) is 1. The molecule has 0 aliphatic carbocycles. The molecule has 0 spiro atoms. The van der Waals surface area contributed by atoms with Crippen molar-refractivity contribution >= 4 is 5.91 Å². The molecule has 0 unspecified atom stereocenters. The van der Waals surface area contributed by atoms with Gasteiger partial charge in [-0.15, -0.1) is 0 Å². The van der Waals surface area contributed by atoms with Gasteiger partial charge in [0.1, 0.15) is 0 Å². The van der Waals surface area contributed by atoms with E-state index in [9.17, 15) is 9.90 Å². The van der Waals surface area contributed by atoms with Crippen LogP contribution in [0.4, 0.5) is 0 Å². The Morgan fingerprint density at radius 1 is 0.875 bits per heavy atom. The first-order chi connectivity index (χ1) is 11.6. The summed E-state index contributed by atoms with van der Waals surface area (Å²) in [5.41, 5.74) is -0.676. The standard InChI is InChI=1S/C19H35N3O2/c23-18(8-7-14-20-10-3-1-2-4-11-20)22-15-9-19(24,17-22)16-21-12-5-6-13-21/h24H,1-17H2/t19-/m1/s1. The Balaban J connectivity index is 1.36. The van der Waals surface area contributed by atoms with E-state index in [1.165, 1.54) is 51.6 Å². The summed E-state index contributed by atoms with van der Waals surface area (Å²) in [6.07, 6.45) is 10.2. The molecule has 1 atom stereocenters. The van der Waals surface area contributed by atoms with Crippen LogP contribution >= 0.6 is 0 Å². The van der Waals surface area contributed by atoms with Crippen LogP contribution < -0.4 is 0 Å². The van der Waals surface area contributed by atoms with Crippen LogP contribution in [-0.4, -0.2) is 83.7 Å². The monoisotopic (exact) mass is 337 g/mol. The van der Waals surface area contributed by atoms with Crippen molar-refractivity contribution in [1.82, 2.24) is 14.7 Å². The van der Waals surface area contributed by atoms with E-state index >= 15 is 0 Å². The molecule has 1 amide bonds. The molecule has 0 aromatic carbocycles. The number of β-amino-alcohol motifs (C(OH)–C–C–N with tert-alkyl or cyclic N) is 1. The highest BCUT2D eigenvalue weighted by Gasteiger charge is 2.39. The molecule has 3 heterocycles. The molecule has 0 saturated carbocycles. The zero-order valence-corrected chi connectivity index (χ0v) is 15.2. The lowest BCUT2D eigenvalue weighted by Gasteiger charge is -2.28. The van der Waals surface area contributed by atoms with Gasteiger partial charge in [-0.2, -0.15) is 0 Å². The Hall–Kier alpha value is -0.650. The number of aliphatic hydroxyl groups is 1. The van der Waals surface area contributed by atoms with Gasteiger partial charge in [0.2, 0.25) is 5.91 Å². The number of likely N-dealkylation sites (tertiary alicyclic amines) is 3. The molecule has 3 fully saturated rings. The van der Waals surface area contributed by atoms with E-state index in [0.29, 0.717) is 13.0 Å². The first kappa shape index (κ1) is 18.2. The number of nitrogens with zero attached hydrogens (tertiary/aromatic N) is 3. The fourth-order valence-electron chi connectivity index (χ4n) is 4.53. The highest BCUT2D eigenvalue weighted by molar-refractivity contribution is 5.76. The van der Waals surface area contributed by atoms with Crippen LogP contribution in [0.2, 0.25) is 0 Å². The molecular weight excluding hydrogens is 302 g/mol. The molecule has 0 bridgehead atoms. The predicted octanol–water partition coefficient (Wildman–Crippen LogP) is 1.70.